The van der Waals surface area contributed by atoms with Crippen molar-refractivity contribution in [1.82, 2.24) is 4.98 Å². The number of carbonyl (C=O) groups is 2. The first-order valence-corrected chi connectivity index (χ1v) is 7.66. The minimum atomic E-state index is -0.549. The van der Waals surface area contributed by atoms with Gasteiger partial charge >= 0.3 is 5.97 Å². The van der Waals surface area contributed by atoms with Crippen LogP contribution in [-0.4, -0.2) is 28.1 Å². The quantitative estimate of drug-likeness (QED) is 0.470. The van der Waals surface area contributed by atoms with Crippen molar-refractivity contribution >= 4 is 23.5 Å². The molecule has 0 unspecified atom stereocenters. The van der Waals surface area contributed by atoms with Crippen LogP contribution in [0, 0.1) is 0 Å². The molecular weight excluding hydrogens is 274 g/mol. The summed E-state index contributed by atoms with van der Waals surface area (Å²) >= 11 is 1.50. The second kappa shape index (κ2) is 6.88. The van der Waals surface area contributed by atoms with Gasteiger partial charge < -0.3 is 4.74 Å². The zero-order valence-corrected chi connectivity index (χ0v) is 13.5. The fourth-order valence-electron chi connectivity index (χ4n) is 1.54. The Hall–Kier alpha value is -1.36. The summed E-state index contributed by atoms with van der Waals surface area (Å²) in [6.45, 7) is 9.23. The van der Waals surface area contributed by atoms with Crippen molar-refractivity contribution in [3.05, 3.63) is 23.5 Å². The van der Waals surface area contributed by atoms with Crippen molar-refractivity contribution in [2.45, 2.75) is 51.5 Å². The maximum atomic E-state index is 12.0. The van der Waals surface area contributed by atoms with E-state index in [1.54, 1.807) is 13.0 Å². The van der Waals surface area contributed by atoms with Gasteiger partial charge in [-0.1, -0.05) is 13.8 Å². The topological polar surface area (TPSA) is 56.3 Å². The first-order valence-electron chi connectivity index (χ1n) is 6.67. The fraction of sp³-hybridized carbons (Fsp3) is 0.533. The Morgan fingerprint density at radius 1 is 1.30 bits per heavy atom. The number of ether oxygens (including phenoxy) is 1. The third-order valence-corrected chi connectivity index (χ3v) is 3.28. The normalized spacial score (nSPS) is 11.2. The minimum Gasteiger partial charge on any atom is -0.456 e. The number of nitrogens with zero attached hydrogens (tertiary/aromatic N) is 1. The smallest absolute Gasteiger partial charge is 0.340 e. The van der Waals surface area contributed by atoms with E-state index in [0.717, 1.165) is 10.6 Å². The zero-order chi connectivity index (χ0) is 15.3. The van der Waals surface area contributed by atoms with Gasteiger partial charge in [-0.25, -0.2) is 4.79 Å². The first-order chi connectivity index (χ1) is 9.28. The molecule has 0 aliphatic heterocycles. The molecule has 0 saturated carbocycles. The summed E-state index contributed by atoms with van der Waals surface area (Å²) in [5, 5.41) is 0. The van der Waals surface area contributed by atoms with Gasteiger partial charge in [-0.2, -0.15) is 0 Å². The molecule has 20 heavy (non-hydrogen) atoms. The molecule has 0 bridgehead atoms. The van der Waals surface area contributed by atoms with Crippen molar-refractivity contribution in [1.29, 1.82) is 0 Å². The lowest BCUT2D eigenvalue weighted by Gasteiger charge is -2.19. The summed E-state index contributed by atoms with van der Waals surface area (Å²) in [7, 11) is 0. The Bertz CT molecular complexity index is 506. The maximum absolute atomic E-state index is 12.0. The molecule has 0 atom stereocenters. The van der Waals surface area contributed by atoms with E-state index in [2.05, 4.69) is 4.98 Å². The predicted molar refractivity (Wildman–Crippen MR) is 80.4 cm³/mol. The SMILES string of the molecule is CCSc1cc(C(=O)OC(C)(C)C)cnc1C(=O)CC. The molecule has 5 heteroatoms. The van der Waals surface area contributed by atoms with Crippen molar-refractivity contribution < 1.29 is 14.3 Å². The maximum Gasteiger partial charge on any atom is 0.340 e. The van der Waals surface area contributed by atoms with E-state index < -0.39 is 11.6 Å². The Morgan fingerprint density at radius 2 is 1.95 bits per heavy atom. The van der Waals surface area contributed by atoms with Crippen LogP contribution in [0.1, 0.15) is 61.9 Å². The van der Waals surface area contributed by atoms with Gasteiger partial charge in [0.05, 0.1) is 5.56 Å². The molecule has 0 saturated heterocycles. The molecule has 0 aliphatic rings. The highest BCUT2D eigenvalue weighted by Gasteiger charge is 2.20. The van der Waals surface area contributed by atoms with E-state index >= 15 is 0 Å². The van der Waals surface area contributed by atoms with Gasteiger partial charge in [-0.15, -0.1) is 11.8 Å². The Labute approximate surface area is 124 Å². The molecule has 4 nitrogen and oxygen atoms in total. The van der Waals surface area contributed by atoms with E-state index in [0.29, 0.717) is 17.7 Å². The van der Waals surface area contributed by atoms with Crippen LogP contribution >= 0.6 is 11.8 Å². The van der Waals surface area contributed by atoms with Crippen molar-refractivity contribution in [2.24, 2.45) is 0 Å². The van der Waals surface area contributed by atoms with Crippen LogP contribution in [0.25, 0.3) is 0 Å². The monoisotopic (exact) mass is 295 g/mol. The summed E-state index contributed by atoms with van der Waals surface area (Å²) in [6.07, 6.45) is 1.81. The summed E-state index contributed by atoms with van der Waals surface area (Å²) in [4.78, 5) is 28.7. The van der Waals surface area contributed by atoms with Crippen LogP contribution in [0.4, 0.5) is 0 Å². The molecule has 0 amide bonds. The number of rotatable bonds is 5. The van der Waals surface area contributed by atoms with Crippen molar-refractivity contribution in [2.75, 3.05) is 5.75 Å². The highest BCUT2D eigenvalue weighted by molar-refractivity contribution is 7.99. The minimum absolute atomic E-state index is 0.0170. The highest BCUT2D eigenvalue weighted by atomic mass is 32.2. The second-order valence-electron chi connectivity index (χ2n) is 5.28. The molecule has 0 N–H and O–H groups in total. The number of thioether (sulfide) groups is 1. The molecule has 0 aromatic carbocycles. The van der Waals surface area contributed by atoms with Crippen LogP contribution in [0.2, 0.25) is 0 Å². The van der Waals surface area contributed by atoms with Crippen LogP contribution < -0.4 is 0 Å². The van der Waals surface area contributed by atoms with Gasteiger partial charge in [0.25, 0.3) is 0 Å². The molecular formula is C15H21NO3S. The van der Waals surface area contributed by atoms with Crippen LogP contribution in [0.3, 0.4) is 0 Å². The van der Waals surface area contributed by atoms with E-state index in [-0.39, 0.29) is 5.78 Å². The fourth-order valence-corrected chi connectivity index (χ4v) is 2.36. The second-order valence-corrected chi connectivity index (χ2v) is 6.59. The highest BCUT2D eigenvalue weighted by Crippen LogP contribution is 2.24. The number of Topliss-reactive ketones (excluding diaryl/α,β-unsaturated/α-hetero) is 1. The molecule has 1 aromatic rings. The molecule has 0 aliphatic carbocycles. The lowest BCUT2D eigenvalue weighted by atomic mass is 10.1. The van der Waals surface area contributed by atoms with E-state index in [1.165, 1.54) is 18.0 Å². The summed E-state index contributed by atoms with van der Waals surface area (Å²) in [5.74, 6) is 0.374. The molecule has 0 fully saturated rings. The van der Waals surface area contributed by atoms with Crippen LogP contribution in [-0.2, 0) is 4.74 Å². The Balaban J connectivity index is 3.10. The first kappa shape index (κ1) is 16.7. The van der Waals surface area contributed by atoms with E-state index in [9.17, 15) is 9.59 Å². The molecule has 1 rings (SSSR count). The number of hydrogen-bond acceptors (Lipinski definition) is 5. The standard InChI is InChI=1S/C15H21NO3S/c1-6-11(17)13-12(20-7-2)8-10(9-16-13)14(18)19-15(3,4)5/h8-9H,6-7H2,1-5H3. The van der Waals surface area contributed by atoms with Crippen molar-refractivity contribution in [3.63, 3.8) is 0 Å². The van der Waals surface area contributed by atoms with Gasteiger partial charge in [-0.05, 0) is 32.6 Å². The lowest BCUT2D eigenvalue weighted by molar-refractivity contribution is 0.00685. The summed E-state index contributed by atoms with van der Waals surface area (Å²) in [6, 6.07) is 1.69. The zero-order valence-electron chi connectivity index (χ0n) is 12.6. The van der Waals surface area contributed by atoms with Crippen LogP contribution in [0.15, 0.2) is 17.2 Å². The Morgan fingerprint density at radius 3 is 2.45 bits per heavy atom. The van der Waals surface area contributed by atoms with Gasteiger partial charge in [0, 0.05) is 17.5 Å². The third kappa shape index (κ3) is 4.63. The van der Waals surface area contributed by atoms with Crippen LogP contribution in [0.5, 0.6) is 0 Å². The lowest BCUT2D eigenvalue weighted by Crippen LogP contribution is -2.24. The number of aromatic nitrogens is 1. The molecule has 0 radical (unpaired) electrons. The summed E-state index contributed by atoms with van der Waals surface area (Å²) in [5.41, 5.74) is 0.266. The number of carbonyl (C=O) groups excluding carboxylic acids is 2. The van der Waals surface area contributed by atoms with Gasteiger partial charge in [0.15, 0.2) is 5.78 Å². The van der Waals surface area contributed by atoms with Gasteiger partial charge in [0.1, 0.15) is 11.3 Å². The average molecular weight is 295 g/mol. The number of esters is 1. The van der Waals surface area contributed by atoms with Gasteiger partial charge in [-0.3, -0.25) is 9.78 Å². The third-order valence-electron chi connectivity index (χ3n) is 2.37. The number of ketones is 1. The average Bonchev–Trinajstić information content (AvgIpc) is 2.36. The van der Waals surface area contributed by atoms with E-state index in [4.69, 9.17) is 4.74 Å². The van der Waals surface area contributed by atoms with E-state index in [1.807, 2.05) is 27.7 Å². The van der Waals surface area contributed by atoms with Gasteiger partial charge in [0.2, 0.25) is 0 Å². The van der Waals surface area contributed by atoms with Crippen molar-refractivity contribution in [3.8, 4) is 0 Å². The number of pyridine rings is 1. The molecule has 110 valence electrons. The molecule has 1 aromatic heterocycles. The molecule has 0 spiro atoms. The largest absolute Gasteiger partial charge is 0.456 e. The predicted octanol–water partition coefficient (Wildman–Crippen LogP) is 3.74. The molecule has 1 heterocycles. The summed E-state index contributed by atoms with van der Waals surface area (Å²) < 4.78 is 5.31. The number of hydrogen-bond donors (Lipinski definition) is 0. The Kier molecular flexibility index (Phi) is 5.74.